The van der Waals surface area contributed by atoms with Crippen molar-refractivity contribution >= 4 is 11.7 Å². The lowest BCUT2D eigenvalue weighted by molar-refractivity contribution is 0.102. The van der Waals surface area contributed by atoms with Gasteiger partial charge in [0.15, 0.2) is 5.82 Å². The average Bonchev–Trinajstić information content (AvgIpc) is 2.58. The van der Waals surface area contributed by atoms with Gasteiger partial charge in [-0.15, -0.1) is 0 Å². The predicted molar refractivity (Wildman–Crippen MR) is 93.9 cm³/mol. The molecule has 0 fully saturated rings. The molecule has 5 nitrogen and oxygen atoms in total. The second-order valence-corrected chi connectivity index (χ2v) is 5.75. The second kappa shape index (κ2) is 6.58. The van der Waals surface area contributed by atoms with Crippen molar-refractivity contribution in [2.75, 3.05) is 5.32 Å². The van der Waals surface area contributed by atoms with Crippen LogP contribution in [-0.4, -0.2) is 20.9 Å². The lowest BCUT2D eigenvalue weighted by Gasteiger charge is -2.08. The minimum Gasteiger partial charge on any atom is -0.305 e. The van der Waals surface area contributed by atoms with Gasteiger partial charge in [0.05, 0.1) is 23.7 Å². The molecule has 2 aromatic heterocycles. The Morgan fingerprint density at radius 2 is 1.79 bits per heavy atom. The van der Waals surface area contributed by atoms with Crippen LogP contribution in [0.25, 0.3) is 11.3 Å². The molecule has 24 heavy (non-hydrogen) atoms. The summed E-state index contributed by atoms with van der Waals surface area (Å²) in [5.74, 6) is 0.173. The largest absolute Gasteiger partial charge is 0.305 e. The van der Waals surface area contributed by atoms with Gasteiger partial charge in [-0.3, -0.25) is 14.8 Å². The van der Waals surface area contributed by atoms with Crippen molar-refractivity contribution in [3.05, 3.63) is 71.3 Å². The SMILES string of the molecule is Cc1ccc(C)c(-c2cnc(NC(=O)c3cnccc3C)cn2)c1. The van der Waals surface area contributed by atoms with E-state index in [1.165, 1.54) is 5.56 Å². The third-order valence-electron chi connectivity index (χ3n) is 3.85. The fraction of sp³-hybridized carbons (Fsp3) is 0.158. The van der Waals surface area contributed by atoms with E-state index in [1.807, 2.05) is 20.8 Å². The number of aryl methyl sites for hydroxylation is 3. The molecule has 0 radical (unpaired) electrons. The molecular formula is C19H18N4O. The van der Waals surface area contributed by atoms with Crippen LogP contribution in [0.3, 0.4) is 0 Å². The lowest BCUT2D eigenvalue weighted by atomic mass is 10.0. The normalized spacial score (nSPS) is 10.5. The number of amides is 1. The number of aromatic nitrogens is 3. The molecule has 0 unspecified atom stereocenters. The summed E-state index contributed by atoms with van der Waals surface area (Å²) in [6, 6.07) is 8.01. The maximum atomic E-state index is 12.3. The summed E-state index contributed by atoms with van der Waals surface area (Å²) in [5.41, 5.74) is 5.52. The van der Waals surface area contributed by atoms with Crippen molar-refractivity contribution in [2.24, 2.45) is 0 Å². The van der Waals surface area contributed by atoms with Crippen LogP contribution in [0.1, 0.15) is 27.0 Å². The maximum Gasteiger partial charge on any atom is 0.258 e. The molecule has 3 rings (SSSR count). The van der Waals surface area contributed by atoms with Crippen molar-refractivity contribution < 1.29 is 4.79 Å². The highest BCUT2D eigenvalue weighted by atomic mass is 16.1. The molecule has 0 saturated carbocycles. The first-order chi connectivity index (χ1) is 11.5. The Morgan fingerprint density at radius 3 is 2.50 bits per heavy atom. The van der Waals surface area contributed by atoms with E-state index in [9.17, 15) is 4.79 Å². The van der Waals surface area contributed by atoms with E-state index in [1.54, 1.807) is 30.9 Å². The monoisotopic (exact) mass is 318 g/mol. The predicted octanol–water partition coefficient (Wildman–Crippen LogP) is 3.72. The van der Waals surface area contributed by atoms with Crippen LogP contribution in [0.5, 0.6) is 0 Å². The Morgan fingerprint density at radius 1 is 0.958 bits per heavy atom. The van der Waals surface area contributed by atoms with E-state index in [2.05, 4.69) is 38.5 Å². The number of carbonyl (C=O) groups is 1. The van der Waals surface area contributed by atoms with Gasteiger partial charge in [0.25, 0.3) is 5.91 Å². The maximum absolute atomic E-state index is 12.3. The molecule has 3 aromatic rings. The minimum atomic E-state index is -0.241. The van der Waals surface area contributed by atoms with Crippen molar-refractivity contribution in [1.29, 1.82) is 0 Å². The summed E-state index contributed by atoms with van der Waals surface area (Å²) in [7, 11) is 0. The van der Waals surface area contributed by atoms with Gasteiger partial charge in [0.1, 0.15) is 0 Å². The molecule has 0 atom stereocenters. The fourth-order valence-corrected chi connectivity index (χ4v) is 2.43. The number of anilines is 1. The van der Waals surface area contributed by atoms with E-state index in [0.717, 1.165) is 22.4 Å². The Bertz CT molecular complexity index is 888. The van der Waals surface area contributed by atoms with Gasteiger partial charge in [-0.25, -0.2) is 4.98 Å². The Balaban J connectivity index is 1.81. The number of rotatable bonds is 3. The van der Waals surface area contributed by atoms with Gasteiger partial charge in [-0.05, 0) is 44.0 Å². The third kappa shape index (κ3) is 3.30. The summed E-state index contributed by atoms with van der Waals surface area (Å²) < 4.78 is 0. The molecule has 1 amide bonds. The summed E-state index contributed by atoms with van der Waals surface area (Å²) in [5, 5.41) is 2.75. The number of nitrogens with one attached hydrogen (secondary N) is 1. The number of benzene rings is 1. The van der Waals surface area contributed by atoms with Gasteiger partial charge < -0.3 is 5.32 Å². The van der Waals surface area contributed by atoms with E-state index in [-0.39, 0.29) is 5.91 Å². The zero-order valence-corrected chi connectivity index (χ0v) is 13.9. The zero-order chi connectivity index (χ0) is 17.1. The van der Waals surface area contributed by atoms with Crippen molar-refractivity contribution in [3.8, 4) is 11.3 Å². The average molecular weight is 318 g/mol. The van der Waals surface area contributed by atoms with Crippen LogP contribution in [0.15, 0.2) is 49.1 Å². The molecule has 0 spiro atoms. The number of pyridine rings is 1. The van der Waals surface area contributed by atoms with E-state index < -0.39 is 0 Å². The lowest BCUT2D eigenvalue weighted by Crippen LogP contribution is -2.14. The van der Waals surface area contributed by atoms with Crippen LogP contribution >= 0.6 is 0 Å². The summed E-state index contributed by atoms with van der Waals surface area (Å²) in [6.45, 7) is 5.95. The smallest absolute Gasteiger partial charge is 0.258 e. The Hall–Kier alpha value is -3.08. The second-order valence-electron chi connectivity index (χ2n) is 5.75. The first kappa shape index (κ1) is 15.8. The van der Waals surface area contributed by atoms with Crippen molar-refractivity contribution in [3.63, 3.8) is 0 Å². The molecule has 2 heterocycles. The number of nitrogens with zero attached hydrogens (tertiary/aromatic N) is 3. The molecule has 0 aliphatic rings. The van der Waals surface area contributed by atoms with Crippen LogP contribution in [0.2, 0.25) is 0 Å². The van der Waals surface area contributed by atoms with E-state index in [4.69, 9.17) is 0 Å². The van der Waals surface area contributed by atoms with E-state index >= 15 is 0 Å². The molecule has 0 aliphatic heterocycles. The number of hydrogen-bond acceptors (Lipinski definition) is 4. The summed E-state index contributed by atoms with van der Waals surface area (Å²) in [6.07, 6.45) is 6.45. The third-order valence-corrected chi connectivity index (χ3v) is 3.85. The molecule has 0 saturated heterocycles. The molecule has 5 heteroatoms. The first-order valence-corrected chi connectivity index (χ1v) is 7.66. The molecule has 1 aromatic carbocycles. The van der Waals surface area contributed by atoms with Crippen LogP contribution < -0.4 is 5.32 Å². The number of hydrogen-bond donors (Lipinski definition) is 1. The summed E-state index contributed by atoms with van der Waals surface area (Å²) in [4.78, 5) is 25.0. The summed E-state index contributed by atoms with van der Waals surface area (Å²) >= 11 is 0. The van der Waals surface area contributed by atoms with Gasteiger partial charge in [-0.2, -0.15) is 0 Å². The van der Waals surface area contributed by atoms with E-state index in [0.29, 0.717) is 11.4 Å². The van der Waals surface area contributed by atoms with Crippen LogP contribution in [-0.2, 0) is 0 Å². The molecule has 0 aliphatic carbocycles. The van der Waals surface area contributed by atoms with Crippen LogP contribution in [0.4, 0.5) is 5.82 Å². The highest BCUT2D eigenvalue weighted by Gasteiger charge is 2.11. The van der Waals surface area contributed by atoms with Gasteiger partial charge in [-0.1, -0.05) is 17.7 Å². The van der Waals surface area contributed by atoms with Gasteiger partial charge in [0, 0.05) is 18.0 Å². The van der Waals surface area contributed by atoms with Crippen molar-refractivity contribution in [2.45, 2.75) is 20.8 Å². The fourth-order valence-electron chi connectivity index (χ4n) is 2.43. The zero-order valence-electron chi connectivity index (χ0n) is 13.9. The highest BCUT2D eigenvalue weighted by Crippen LogP contribution is 2.22. The minimum absolute atomic E-state index is 0.241. The first-order valence-electron chi connectivity index (χ1n) is 7.66. The van der Waals surface area contributed by atoms with Gasteiger partial charge in [0.2, 0.25) is 0 Å². The van der Waals surface area contributed by atoms with Crippen molar-refractivity contribution in [1.82, 2.24) is 15.0 Å². The highest BCUT2D eigenvalue weighted by molar-refractivity contribution is 6.04. The quantitative estimate of drug-likeness (QED) is 0.799. The molecule has 1 N–H and O–H groups in total. The molecule has 120 valence electrons. The standard InChI is InChI=1S/C19H18N4O/c1-12-4-5-13(2)15(8-12)17-10-22-18(11-21-17)23-19(24)16-9-20-7-6-14(16)3/h4-11H,1-3H3,(H,22,23,24). The molecule has 0 bridgehead atoms. The Kier molecular flexibility index (Phi) is 4.33. The van der Waals surface area contributed by atoms with Gasteiger partial charge >= 0.3 is 0 Å². The molecular weight excluding hydrogens is 300 g/mol. The topological polar surface area (TPSA) is 67.8 Å². The van der Waals surface area contributed by atoms with Crippen LogP contribution in [0, 0.1) is 20.8 Å². The Labute approximate surface area is 140 Å². The number of carbonyl (C=O) groups excluding carboxylic acids is 1.